The van der Waals surface area contributed by atoms with E-state index in [0.29, 0.717) is 18.8 Å². The Bertz CT molecular complexity index is 692. The maximum atomic E-state index is 12.4. The fourth-order valence-corrected chi connectivity index (χ4v) is 3.44. The number of amides is 1. The summed E-state index contributed by atoms with van der Waals surface area (Å²) in [5, 5.41) is 2.80. The van der Waals surface area contributed by atoms with Crippen molar-refractivity contribution in [3.63, 3.8) is 0 Å². The standard InChI is InChI=1S/C19H27N3O2S/c1-14-8-6-9-15(2)18(14)24-11-7-10-22(5)19(23)16-13-25-17(20-16)12-21(3)4/h6,8-9,13H,7,10-12H2,1-5H3. The molecule has 0 fully saturated rings. The first kappa shape index (κ1) is 19.4. The zero-order valence-corrected chi connectivity index (χ0v) is 16.5. The first-order chi connectivity index (χ1) is 11.9. The number of nitrogens with zero attached hydrogens (tertiary/aromatic N) is 3. The third kappa shape index (κ3) is 5.54. The van der Waals surface area contributed by atoms with E-state index < -0.39 is 0 Å². The molecule has 0 aliphatic carbocycles. The molecular formula is C19H27N3O2S. The summed E-state index contributed by atoms with van der Waals surface area (Å²) in [6.45, 7) is 6.08. The Kier molecular flexibility index (Phi) is 6.96. The fourth-order valence-electron chi connectivity index (χ4n) is 2.55. The van der Waals surface area contributed by atoms with Crippen molar-refractivity contribution in [2.24, 2.45) is 0 Å². The molecule has 25 heavy (non-hydrogen) atoms. The van der Waals surface area contributed by atoms with Crippen molar-refractivity contribution in [1.29, 1.82) is 0 Å². The number of carbonyl (C=O) groups is 1. The van der Waals surface area contributed by atoms with E-state index in [4.69, 9.17) is 4.74 Å². The average Bonchev–Trinajstić information content (AvgIpc) is 3.00. The van der Waals surface area contributed by atoms with Gasteiger partial charge in [-0.25, -0.2) is 4.98 Å². The lowest BCUT2D eigenvalue weighted by atomic mass is 10.1. The summed E-state index contributed by atoms with van der Waals surface area (Å²) in [5.74, 6) is 0.914. The molecule has 0 aliphatic heterocycles. The molecule has 0 saturated carbocycles. The van der Waals surface area contributed by atoms with Crippen molar-refractivity contribution < 1.29 is 9.53 Å². The summed E-state index contributed by atoms with van der Waals surface area (Å²) in [4.78, 5) is 20.6. The van der Waals surface area contributed by atoms with E-state index in [1.54, 1.807) is 4.90 Å². The van der Waals surface area contributed by atoms with E-state index >= 15 is 0 Å². The molecule has 0 bridgehead atoms. The van der Waals surface area contributed by atoms with Crippen LogP contribution in [0.1, 0.15) is 33.0 Å². The van der Waals surface area contributed by atoms with E-state index in [1.807, 2.05) is 63.5 Å². The van der Waals surface area contributed by atoms with Crippen molar-refractivity contribution in [3.05, 3.63) is 45.4 Å². The molecule has 1 amide bonds. The number of ether oxygens (including phenoxy) is 1. The number of aryl methyl sites for hydroxylation is 2. The lowest BCUT2D eigenvalue weighted by Gasteiger charge is -2.17. The van der Waals surface area contributed by atoms with Gasteiger partial charge in [0.15, 0.2) is 0 Å². The summed E-state index contributed by atoms with van der Waals surface area (Å²) < 4.78 is 5.89. The van der Waals surface area contributed by atoms with Gasteiger partial charge in [-0.15, -0.1) is 11.3 Å². The lowest BCUT2D eigenvalue weighted by Crippen LogP contribution is -2.29. The predicted octanol–water partition coefficient (Wildman–Crippen LogP) is 3.36. The van der Waals surface area contributed by atoms with Crippen LogP contribution < -0.4 is 4.74 Å². The Morgan fingerprint density at radius 2 is 1.88 bits per heavy atom. The van der Waals surface area contributed by atoms with Crippen molar-refractivity contribution >= 4 is 17.2 Å². The molecule has 2 aromatic rings. The number of hydrogen-bond acceptors (Lipinski definition) is 5. The van der Waals surface area contributed by atoms with E-state index in [0.717, 1.165) is 34.8 Å². The van der Waals surface area contributed by atoms with Gasteiger partial charge < -0.3 is 14.5 Å². The molecule has 1 heterocycles. The van der Waals surface area contributed by atoms with Gasteiger partial charge >= 0.3 is 0 Å². The number of thiazole rings is 1. The molecule has 1 aromatic heterocycles. The summed E-state index contributed by atoms with van der Waals surface area (Å²) in [6.07, 6.45) is 0.782. The molecule has 0 N–H and O–H groups in total. The zero-order chi connectivity index (χ0) is 18.4. The van der Waals surface area contributed by atoms with Crippen LogP contribution in [-0.2, 0) is 6.54 Å². The minimum absolute atomic E-state index is 0.0340. The molecule has 5 nitrogen and oxygen atoms in total. The van der Waals surface area contributed by atoms with E-state index in [9.17, 15) is 4.79 Å². The van der Waals surface area contributed by atoms with Gasteiger partial charge in [0, 0.05) is 25.5 Å². The monoisotopic (exact) mass is 361 g/mol. The number of benzene rings is 1. The Balaban J connectivity index is 1.80. The van der Waals surface area contributed by atoms with E-state index in [1.165, 1.54) is 11.3 Å². The highest BCUT2D eigenvalue weighted by molar-refractivity contribution is 7.09. The van der Waals surface area contributed by atoms with E-state index in [2.05, 4.69) is 4.98 Å². The summed E-state index contributed by atoms with van der Waals surface area (Å²) in [7, 11) is 5.79. The van der Waals surface area contributed by atoms with Gasteiger partial charge in [0.1, 0.15) is 16.5 Å². The number of carbonyl (C=O) groups excluding carboxylic acids is 1. The van der Waals surface area contributed by atoms with Crippen LogP contribution in [0, 0.1) is 13.8 Å². The quantitative estimate of drug-likeness (QED) is 0.677. The van der Waals surface area contributed by atoms with Crippen LogP contribution in [0.3, 0.4) is 0 Å². The van der Waals surface area contributed by atoms with Gasteiger partial charge in [0.25, 0.3) is 5.91 Å². The third-order valence-corrected chi connectivity index (χ3v) is 4.70. The molecule has 0 saturated heterocycles. The summed E-state index contributed by atoms with van der Waals surface area (Å²) >= 11 is 1.53. The van der Waals surface area contributed by atoms with Crippen LogP contribution >= 0.6 is 11.3 Å². The second kappa shape index (κ2) is 8.97. The number of hydrogen-bond donors (Lipinski definition) is 0. The topological polar surface area (TPSA) is 45.7 Å². The van der Waals surface area contributed by atoms with Crippen molar-refractivity contribution in [1.82, 2.24) is 14.8 Å². The van der Waals surface area contributed by atoms with Crippen LogP contribution in [-0.4, -0.2) is 55.0 Å². The number of aromatic nitrogens is 1. The highest BCUT2D eigenvalue weighted by Gasteiger charge is 2.15. The van der Waals surface area contributed by atoms with Gasteiger partial charge in [-0.2, -0.15) is 0 Å². The minimum atomic E-state index is -0.0340. The average molecular weight is 362 g/mol. The Hall–Kier alpha value is -1.92. The van der Waals surface area contributed by atoms with Gasteiger partial charge in [-0.3, -0.25) is 4.79 Å². The molecule has 0 aliphatic rings. The maximum absolute atomic E-state index is 12.4. The van der Waals surface area contributed by atoms with Gasteiger partial charge in [-0.1, -0.05) is 18.2 Å². The van der Waals surface area contributed by atoms with Gasteiger partial charge in [-0.05, 0) is 45.5 Å². The molecule has 0 atom stereocenters. The molecule has 0 spiro atoms. The molecule has 1 aromatic carbocycles. The SMILES string of the molecule is Cc1cccc(C)c1OCCCN(C)C(=O)c1csc(CN(C)C)n1. The predicted molar refractivity (Wildman–Crippen MR) is 102 cm³/mol. The lowest BCUT2D eigenvalue weighted by molar-refractivity contribution is 0.0782. The van der Waals surface area contributed by atoms with Crippen molar-refractivity contribution in [2.45, 2.75) is 26.8 Å². The second-order valence-electron chi connectivity index (χ2n) is 6.51. The van der Waals surface area contributed by atoms with E-state index in [-0.39, 0.29) is 5.91 Å². The minimum Gasteiger partial charge on any atom is -0.493 e. The molecule has 0 radical (unpaired) electrons. The smallest absolute Gasteiger partial charge is 0.273 e. The van der Waals surface area contributed by atoms with Gasteiger partial charge in [0.2, 0.25) is 0 Å². The number of para-hydroxylation sites is 1. The zero-order valence-electron chi connectivity index (χ0n) is 15.7. The summed E-state index contributed by atoms with van der Waals surface area (Å²) in [5.41, 5.74) is 2.81. The molecular weight excluding hydrogens is 334 g/mol. The largest absolute Gasteiger partial charge is 0.493 e. The van der Waals surface area contributed by atoms with Gasteiger partial charge in [0.05, 0.1) is 6.61 Å². The molecule has 2 rings (SSSR count). The molecule has 136 valence electrons. The second-order valence-corrected chi connectivity index (χ2v) is 7.46. The van der Waals surface area contributed by atoms with Crippen LogP contribution in [0.5, 0.6) is 5.75 Å². The highest BCUT2D eigenvalue weighted by atomic mass is 32.1. The molecule has 0 unspecified atom stereocenters. The van der Waals surface area contributed by atoms with Crippen molar-refractivity contribution in [2.75, 3.05) is 34.3 Å². The maximum Gasteiger partial charge on any atom is 0.273 e. The van der Waals surface area contributed by atoms with Crippen molar-refractivity contribution in [3.8, 4) is 5.75 Å². The fraction of sp³-hybridized carbons (Fsp3) is 0.474. The third-order valence-electron chi connectivity index (χ3n) is 3.86. The van der Waals surface area contributed by atoms with Crippen LogP contribution in [0.2, 0.25) is 0 Å². The summed E-state index contributed by atoms with van der Waals surface area (Å²) in [6, 6.07) is 6.12. The highest BCUT2D eigenvalue weighted by Crippen LogP contribution is 2.22. The first-order valence-corrected chi connectivity index (χ1v) is 9.30. The van der Waals surface area contributed by atoms with Crippen LogP contribution in [0.4, 0.5) is 0 Å². The Morgan fingerprint density at radius 1 is 1.20 bits per heavy atom. The van der Waals surface area contributed by atoms with Crippen LogP contribution in [0.25, 0.3) is 0 Å². The first-order valence-electron chi connectivity index (χ1n) is 8.42. The molecule has 6 heteroatoms. The van der Waals surface area contributed by atoms with Crippen LogP contribution in [0.15, 0.2) is 23.6 Å². The Morgan fingerprint density at radius 3 is 2.52 bits per heavy atom. The normalized spacial score (nSPS) is 11.0. The Labute approximate surface area is 154 Å². The number of rotatable bonds is 8.